The summed E-state index contributed by atoms with van der Waals surface area (Å²) in [5.74, 6) is 0. The van der Waals surface area contributed by atoms with Crippen molar-refractivity contribution in [2.24, 2.45) is 0 Å². The molecule has 0 aliphatic rings. The predicted molar refractivity (Wildman–Crippen MR) is 80.2 cm³/mol. The molecule has 0 amide bonds. The highest BCUT2D eigenvalue weighted by Crippen LogP contribution is 2.19. The number of hydrogen-bond donors (Lipinski definition) is 1. The van der Waals surface area contributed by atoms with Crippen molar-refractivity contribution in [2.45, 2.75) is 24.8 Å². The molecule has 0 saturated heterocycles. The molecule has 1 atom stereocenters. The SMILES string of the molecule is CCN(CCOC)S(=O)(=O)c1ccc(C(C)NC)cc1. The lowest BCUT2D eigenvalue weighted by Gasteiger charge is -2.20. The third kappa shape index (κ3) is 4.02. The van der Waals surface area contributed by atoms with E-state index in [4.69, 9.17) is 4.74 Å². The standard InChI is InChI=1S/C14H24N2O3S/c1-5-16(10-11-19-4)20(17,18)14-8-6-13(7-9-14)12(2)15-3/h6-9,12,15H,5,10-11H2,1-4H3. The second-order valence-corrected chi connectivity index (χ2v) is 6.51. The molecule has 0 radical (unpaired) electrons. The van der Waals surface area contributed by atoms with Gasteiger partial charge >= 0.3 is 0 Å². The van der Waals surface area contributed by atoms with Crippen LogP contribution in [-0.4, -0.2) is 46.6 Å². The van der Waals surface area contributed by atoms with Gasteiger partial charge in [0.1, 0.15) is 0 Å². The molecule has 1 aromatic carbocycles. The molecule has 0 heterocycles. The molecule has 1 N–H and O–H groups in total. The van der Waals surface area contributed by atoms with Crippen LogP contribution in [0.3, 0.4) is 0 Å². The van der Waals surface area contributed by atoms with Crippen molar-refractivity contribution >= 4 is 10.0 Å². The Bertz CT molecular complexity index is 500. The first-order valence-corrected chi connectivity index (χ1v) is 8.17. The second-order valence-electron chi connectivity index (χ2n) is 4.57. The first-order valence-electron chi connectivity index (χ1n) is 6.73. The maximum absolute atomic E-state index is 12.5. The molecule has 0 aromatic heterocycles. The smallest absolute Gasteiger partial charge is 0.243 e. The number of ether oxygens (including phenoxy) is 1. The van der Waals surface area contributed by atoms with Crippen molar-refractivity contribution in [1.29, 1.82) is 0 Å². The van der Waals surface area contributed by atoms with Crippen molar-refractivity contribution in [3.8, 4) is 0 Å². The van der Waals surface area contributed by atoms with E-state index in [0.29, 0.717) is 24.6 Å². The van der Waals surface area contributed by atoms with Gasteiger partial charge in [-0.1, -0.05) is 19.1 Å². The molecule has 0 fully saturated rings. The summed E-state index contributed by atoms with van der Waals surface area (Å²) in [5.41, 5.74) is 1.06. The molecule has 0 saturated carbocycles. The summed E-state index contributed by atoms with van der Waals surface area (Å²) in [6, 6.07) is 7.21. The van der Waals surface area contributed by atoms with Gasteiger partial charge < -0.3 is 10.1 Å². The van der Waals surface area contributed by atoms with E-state index in [1.54, 1.807) is 19.2 Å². The van der Waals surface area contributed by atoms with Gasteiger partial charge in [-0.25, -0.2) is 8.42 Å². The van der Waals surface area contributed by atoms with Gasteiger partial charge in [0.05, 0.1) is 11.5 Å². The Morgan fingerprint density at radius 1 is 1.30 bits per heavy atom. The van der Waals surface area contributed by atoms with E-state index in [1.165, 1.54) is 4.31 Å². The topological polar surface area (TPSA) is 58.6 Å². The average Bonchev–Trinajstić information content (AvgIpc) is 2.47. The zero-order valence-corrected chi connectivity index (χ0v) is 13.4. The van der Waals surface area contributed by atoms with Crippen molar-refractivity contribution in [3.63, 3.8) is 0 Å². The Balaban J connectivity index is 2.96. The van der Waals surface area contributed by atoms with Crippen LogP contribution in [0, 0.1) is 0 Å². The predicted octanol–water partition coefficient (Wildman–Crippen LogP) is 1.62. The van der Waals surface area contributed by atoms with Gasteiger partial charge in [-0.3, -0.25) is 0 Å². The van der Waals surface area contributed by atoms with E-state index in [9.17, 15) is 8.42 Å². The van der Waals surface area contributed by atoms with Crippen molar-refractivity contribution in [3.05, 3.63) is 29.8 Å². The van der Waals surface area contributed by atoms with Gasteiger partial charge in [-0.2, -0.15) is 4.31 Å². The Morgan fingerprint density at radius 3 is 2.35 bits per heavy atom. The zero-order valence-electron chi connectivity index (χ0n) is 12.6. The van der Waals surface area contributed by atoms with Gasteiger partial charge in [-0.05, 0) is 31.7 Å². The van der Waals surface area contributed by atoms with E-state index >= 15 is 0 Å². The minimum Gasteiger partial charge on any atom is -0.383 e. The van der Waals surface area contributed by atoms with Crippen LogP contribution in [0.2, 0.25) is 0 Å². The molecule has 5 nitrogen and oxygen atoms in total. The fourth-order valence-electron chi connectivity index (χ4n) is 1.89. The van der Waals surface area contributed by atoms with Crippen LogP contribution in [0.4, 0.5) is 0 Å². The average molecular weight is 300 g/mol. The summed E-state index contributed by atoms with van der Waals surface area (Å²) in [7, 11) is -0.00186. The third-order valence-electron chi connectivity index (χ3n) is 3.35. The van der Waals surface area contributed by atoms with E-state index in [0.717, 1.165) is 5.56 Å². The summed E-state index contributed by atoms with van der Waals surface area (Å²) in [5, 5.41) is 3.12. The quantitative estimate of drug-likeness (QED) is 0.792. The summed E-state index contributed by atoms with van der Waals surface area (Å²) >= 11 is 0. The van der Waals surface area contributed by atoms with Crippen molar-refractivity contribution in [2.75, 3.05) is 33.9 Å². The van der Waals surface area contributed by atoms with Crippen LogP contribution >= 0.6 is 0 Å². The van der Waals surface area contributed by atoms with Crippen LogP contribution in [0.1, 0.15) is 25.5 Å². The van der Waals surface area contributed by atoms with Gasteiger partial charge in [0.25, 0.3) is 0 Å². The molecule has 6 heteroatoms. The summed E-state index contributed by atoms with van der Waals surface area (Å²) in [6.07, 6.45) is 0. The maximum atomic E-state index is 12.5. The summed E-state index contributed by atoms with van der Waals surface area (Å²) in [4.78, 5) is 0.322. The lowest BCUT2D eigenvalue weighted by atomic mass is 10.1. The van der Waals surface area contributed by atoms with E-state index < -0.39 is 10.0 Å². The van der Waals surface area contributed by atoms with Gasteiger partial charge in [0, 0.05) is 26.2 Å². The molecule has 0 aliphatic carbocycles. The highest BCUT2D eigenvalue weighted by atomic mass is 32.2. The Morgan fingerprint density at radius 2 is 1.90 bits per heavy atom. The number of nitrogens with zero attached hydrogens (tertiary/aromatic N) is 1. The maximum Gasteiger partial charge on any atom is 0.243 e. The van der Waals surface area contributed by atoms with E-state index in [-0.39, 0.29) is 6.04 Å². The fourth-order valence-corrected chi connectivity index (χ4v) is 3.32. The Hall–Kier alpha value is -0.950. The number of benzene rings is 1. The van der Waals surface area contributed by atoms with Crippen molar-refractivity contribution < 1.29 is 13.2 Å². The molecular formula is C14H24N2O3S. The molecule has 0 aliphatic heterocycles. The second kappa shape index (κ2) is 7.73. The molecule has 20 heavy (non-hydrogen) atoms. The van der Waals surface area contributed by atoms with Crippen LogP contribution in [0.5, 0.6) is 0 Å². The normalized spacial score (nSPS) is 13.7. The monoisotopic (exact) mass is 300 g/mol. The van der Waals surface area contributed by atoms with Crippen LogP contribution in [-0.2, 0) is 14.8 Å². The van der Waals surface area contributed by atoms with Gasteiger partial charge in [0.15, 0.2) is 0 Å². The van der Waals surface area contributed by atoms with Crippen molar-refractivity contribution in [1.82, 2.24) is 9.62 Å². The highest BCUT2D eigenvalue weighted by molar-refractivity contribution is 7.89. The first kappa shape index (κ1) is 17.1. The Kier molecular flexibility index (Phi) is 6.61. The molecule has 0 bridgehead atoms. The summed E-state index contributed by atoms with van der Waals surface area (Å²) in [6.45, 7) is 5.04. The zero-order chi connectivity index (χ0) is 15.2. The van der Waals surface area contributed by atoms with Gasteiger partial charge in [-0.15, -0.1) is 0 Å². The molecule has 1 aromatic rings. The molecule has 0 spiro atoms. The molecular weight excluding hydrogens is 276 g/mol. The number of hydrogen-bond acceptors (Lipinski definition) is 4. The Labute approximate surface area is 122 Å². The van der Waals surface area contributed by atoms with Crippen LogP contribution in [0.25, 0.3) is 0 Å². The number of likely N-dealkylation sites (N-methyl/N-ethyl adjacent to an activating group) is 1. The van der Waals surface area contributed by atoms with Gasteiger partial charge in [0.2, 0.25) is 10.0 Å². The van der Waals surface area contributed by atoms with E-state index in [2.05, 4.69) is 5.32 Å². The molecule has 1 unspecified atom stereocenters. The fraction of sp³-hybridized carbons (Fsp3) is 0.571. The number of rotatable bonds is 8. The number of nitrogens with one attached hydrogen (secondary N) is 1. The minimum absolute atomic E-state index is 0.197. The largest absolute Gasteiger partial charge is 0.383 e. The highest BCUT2D eigenvalue weighted by Gasteiger charge is 2.22. The third-order valence-corrected chi connectivity index (χ3v) is 5.34. The first-order chi connectivity index (χ1) is 9.47. The molecule has 1 rings (SSSR count). The summed E-state index contributed by atoms with van der Waals surface area (Å²) < 4.78 is 31.3. The number of methoxy groups -OCH3 is 1. The van der Waals surface area contributed by atoms with Crippen LogP contribution < -0.4 is 5.32 Å². The van der Waals surface area contributed by atoms with E-state index in [1.807, 2.05) is 33.0 Å². The number of sulfonamides is 1. The minimum atomic E-state index is -3.44. The molecule has 114 valence electrons. The van der Waals surface area contributed by atoms with Crippen LogP contribution in [0.15, 0.2) is 29.2 Å². The lowest BCUT2D eigenvalue weighted by Crippen LogP contribution is -2.33. The lowest BCUT2D eigenvalue weighted by molar-refractivity contribution is 0.180.